The molecule has 2 aromatic carbocycles. The van der Waals surface area contributed by atoms with E-state index in [9.17, 15) is 18.0 Å². The maximum Gasteiger partial charge on any atom is 0.407 e. The van der Waals surface area contributed by atoms with Gasteiger partial charge in [0.05, 0.1) is 36.3 Å². The summed E-state index contributed by atoms with van der Waals surface area (Å²) in [5.41, 5.74) is 1.10. The Hall–Kier alpha value is -3.78. The van der Waals surface area contributed by atoms with Crippen molar-refractivity contribution in [2.24, 2.45) is 0 Å². The van der Waals surface area contributed by atoms with E-state index in [2.05, 4.69) is 15.4 Å². The number of amides is 2. The number of hydrogen-bond acceptors (Lipinski definition) is 8. The summed E-state index contributed by atoms with van der Waals surface area (Å²) >= 11 is 2.85. The number of alkyl carbamates (subject to hydrolysis) is 1. The number of nitrogens with zero attached hydrogens (tertiary/aromatic N) is 1. The molecule has 4 aromatic rings. The van der Waals surface area contributed by atoms with E-state index in [1.165, 1.54) is 34.8 Å². The molecule has 204 valence electrons. The molecule has 2 heterocycles. The number of rotatable bonds is 11. The summed E-state index contributed by atoms with van der Waals surface area (Å²) in [6, 6.07) is 4.91. The summed E-state index contributed by atoms with van der Waals surface area (Å²) in [7, 11) is -3.38. The van der Waals surface area contributed by atoms with E-state index in [1.807, 2.05) is 22.2 Å². The quantitative estimate of drug-likeness (QED) is 0.188. The summed E-state index contributed by atoms with van der Waals surface area (Å²) in [5.74, 6) is -0.734. The highest BCUT2D eigenvalue weighted by Gasteiger charge is 2.26. The SMILES string of the molecule is [2H]c1c([2H])c([2H])c(C[C@H](NC(=O)OC)C(=O)N[C@@H](Cc2ccc(NS(=O)(=O)O)cc2)c2csc(-c3cccs3)n2)c([2H])c1[2H]. The van der Waals surface area contributed by atoms with Gasteiger partial charge in [0.2, 0.25) is 5.91 Å². The number of anilines is 1. The third-order valence-corrected chi connectivity index (χ3v) is 7.72. The van der Waals surface area contributed by atoms with Crippen molar-refractivity contribution in [2.75, 3.05) is 11.8 Å². The third-order valence-electron chi connectivity index (χ3n) is 5.32. The standard InChI is InChI=1S/C26H26N4O6S3/c1-36-26(32)29-21(15-17-6-3-2-4-7-17)24(31)27-20(22-16-38-25(28-22)23-8-5-13-37-23)14-18-9-11-19(12-10-18)30-39(33,34)35/h2-13,16,20-21,30H,14-15H2,1H3,(H,27,31)(H,29,32)(H,33,34,35)/t20-,21-/m0/s1/i2D,3D,4D,6D,7D. The number of methoxy groups -OCH3 is 1. The molecule has 4 N–H and O–H groups in total. The number of carbonyl (C=O) groups excluding carboxylic acids is 2. The van der Waals surface area contributed by atoms with Gasteiger partial charge in [-0.15, -0.1) is 22.7 Å². The monoisotopic (exact) mass is 591 g/mol. The maximum atomic E-state index is 13.7. The number of nitrogens with one attached hydrogen (secondary N) is 3. The largest absolute Gasteiger partial charge is 0.453 e. The maximum absolute atomic E-state index is 13.7. The van der Waals surface area contributed by atoms with Crippen molar-refractivity contribution in [3.63, 3.8) is 0 Å². The van der Waals surface area contributed by atoms with Gasteiger partial charge in [-0.1, -0.05) is 48.4 Å². The number of thiazole rings is 1. The van der Waals surface area contributed by atoms with Crippen molar-refractivity contribution in [1.29, 1.82) is 0 Å². The molecule has 0 aliphatic carbocycles. The third kappa shape index (κ3) is 8.35. The minimum Gasteiger partial charge on any atom is -0.453 e. The molecule has 0 radical (unpaired) electrons. The molecule has 0 bridgehead atoms. The van der Waals surface area contributed by atoms with Crippen molar-refractivity contribution in [3.8, 4) is 9.88 Å². The van der Waals surface area contributed by atoms with Crippen LogP contribution in [0.4, 0.5) is 10.5 Å². The molecule has 10 nitrogen and oxygen atoms in total. The van der Waals surface area contributed by atoms with Crippen LogP contribution in [0, 0.1) is 0 Å². The fourth-order valence-electron chi connectivity index (χ4n) is 3.55. The lowest BCUT2D eigenvalue weighted by atomic mass is 10.0. The summed E-state index contributed by atoms with van der Waals surface area (Å²) in [5, 5.41) is 9.63. The van der Waals surface area contributed by atoms with Crippen molar-refractivity contribution in [1.82, 2.24) is 15.6 Å². The minimum absolute atomic E-state index is 0.117. The Kier molecular flexibility index (Phi) is 7.27. The molecule has 0 aliphatic rings. The predicted octanol–water partition coefficient (Wildman–Crippen LogP) is 4.45. The van der Waals surface area contributed by atoms with Crippen LogP contribution < -0.4 is 15.4 Å². The summed E-state index contributed by atoms with van der Waals surface area (Å²) in [4.78, 5) is 31.5. The summed E-state index contributed by atoms with van der Waals surface area (Å²) in [6.07, 6.45) is -1.23. The van der Waals surface area contributed by atoms with E-state index in [4.69, 9.17) is 16.4 Å². The van der Waals surface area contributed by atoms with Crippen LogP contribution in [0.1, 0.15) is 29.7 Å². The van der Waals surface area contributed by atoms with Gasteiger partial charge in [-0.3, -0.25) is 14.1 Å². The first kappa shape index (κ1) is 22.1. The Bertz CT molecular complexity index is 1740. The molecular formula is C26H26N4O6S3. The van der Waals surface area contributed by atoms with Gasteiger partial charge >= 0.3 is 16.4 Å². The van der Waals surface area contributed by atoms with Gasteiger partial charge in [-0.2, -0.15) is 8.42 Å². The molecule has 13 heteroatoms. The van der Waals surface area contributed by atoms with Gasteiger partial charge in [0.1, 0.15) is 11.0 Å². The number of carbonyl (C=O) groups is 2. The normalized spacial score (nSPS) is 14.6. The molecule has 2 amide bonds. The molecule has 0 unspecified atom stereocenters. The van der Waals surface area contributed by atoms with Crippen molar-refractivity contribution in [3.05, 3.63) is 94.2 Å². The van der Waals surface area contributed by atoms with Gasteiger partial charge in [0, 0.05) is 11.8 Å². The molecule has 0 saturated carbocycles. The molecule has 2 aromatic heterocycles. The second-order valence-electron chi connectivity index (χ2n) is 8.09. The highest BCUT2D eigenvalue weighted by molar-refractivity contribution is 7.87. The van der Waals surface area contributed by atoms with Crippen LogP contribution in [0.15, 0.2) is 77.4 Å². The fourth-order valence-corrected chi connectivity index (χ4v) is 5.67. The Morgan fingerprint density at radius 2 is 1.79 bits per heavy atom. The summed E-state index contributed by atoms with van der Waals surface area (Å²) in [6.45, 7) is 0. The lowest BCUT2D eigenvalue weighted by Crippen LogP contribution is -2.49. The van der Waals surface area contributed by atoms with Crippen LogP contribution in [0.25, 0.3) is 9.88 Å². The van der Waals surface area contributed by atoms with Crippen LogP contribution in [0.2, 0.25) is 0 Å². The van der Waals surface area contributed by atoms with Crippen molar-refractivity contribution >= 4 is 50.7 Å². The van der Waals surface area contributed by atoms with Crippen LogP contribution in [-0.4, -0.2) is 43.1 Å². The molecule has 2 atom stereocenters. The zero-order chi connectivity index (χ0) is 32.2. The highest BCUT2D eigenvalue weighted by Crippen LogP contribution is 2.31. The van der Waals surface area contributed by atoms with Gasteiger partial charge in [-0.05, 0) is 41.1 Å². The van der Waals surface area contributed by atoms with E-state index in [0.29, 0.717) is 16.3 Å². The molecule has 0 saturated heterocycles. The minimum atomic E-state index is -4.47. The topological polar surface area (TPSA) is 147 Å². The van der Waals surface area contributed by atoms with Crippen LogP contribution in [0.5, 0.6) is 0 Å². The second kappa shape index (κ2) is 12.8. The fraction of sp³-hybridized carbons (Fsp3) is 0.192. The number of hydrogen-bond donors (Lipinski definition) is 4. The lowest BCUT2D eigenvalue weighted by Gasteiger charge is -2.23. The van der Waals surface area contributed by atoms with Crippen LogP contribution in [0.3, 0.4) is 0 Å². The molecule has 0 fully saturated rings. The Balaban J connectivity index is 1.66. The van der Waals surface area contributed by atoms with Gasteiger partial charge in [0.25, 0.3) is 0 Å². The zero-order valence-corrected chi connectivity index (χ0v) is 22.8. The highest BCUT2D eigenvalue weighted by atomic mass is 32.2. The Morgan fingerprint density at radius 1 is 1.05 bits per heavy atom. The Morgan fingerprint density at radius 3 is 2.44 bits per heavy atom. The molecular weight excluding hydrogens is 561 g/mol. The van der Waals surface area contributed by atoms with E-state index in [1.54, 1.807) is 17.5 Å². The molecule has 39 heavy (non-hydrogen) atoms. The van der Waals surface area contributed by atoms with Crippen molar-refractivity contribution in [2.45, 2.75) is 24.9 Å². The first-order valence-electron chi connectivity index (χ1n) is 13.8. The van der Waals surface area contributed by atoms with E-state index < -0.39 is 71.0 Å². The number of benzene rings is 2. The first-order valence-corrected chi connectivity index (χ1v) is 14.5. The Labute approximate surface area is 241 Å². The van der Waals surface area contributed by atoms with Gasteiger partial charge in [-0.25, -0.2) is 9.78 Å². The van der Waals surface area contributed by atoms with Gasteiger partial charge < -0.3 is 15.4 Å². The molecule has 4 rings (SSSR count). The van der Waals surface area contributed by atoms with Crippen LogP contribution >= 0.6 is 22.7 Å². The van der Waals surface area contributed by atoms with Crippen molar-refractivity contribution < 1.29 is 34.2 Å². The number of thiophene rings is 1. The average Bonchev–Trinajstić information content (AvgIpc) is 3.69. The smallest absolute Gasteiger partial charge is 0.407 e. The van der Waals surface area contributed by atoms with E-state index in [0.717, 1.165) is 12.0 Å². The summed E-state index contributed by atoms with van der Waals surface area (Å²) < 4.78 is 78.2. The van der Waals surface area contributed by atoms with E-state index in [-0.39, 0.29) is 17.7 Å². The van der Waals surface area contributed by atoms with Gasteiger partial charge in [0.15, 0.2) is 0 Å². The first-order chi connectivity index (χ1) is 20.8. The van der Waals surface area contributed by atoms with Crippen LogP contribution in [-0.2, 0) is 32.7 Å². The molecule has 0 aliphatic heterocycles. The second-order valence-corrected chi connectivity index (χ2v) is 11.1. The van der Waals surface area contributed by atoms with E-state index >= 15 is 0 Å². The average molecular weight is 592 g/mol. The zero-order valence-electron chi connectivity index (χ0n) is 25.3. The number of aromatic nitrogens is 1. The number of ether oxygens (including phenoxy) is 1. The molecule has 0 spiro atoms. The predicted molar refractivity (Wildman–Crippen MR) is 151 cm³/mol. The lowest BCUT2D eigenvalue weighted by molar-refractivity contribution is -0.123.